The molecule has 0 saturated carbocycles. The highest BCUT2D eigenvalue weighted by Gasteiger charge is 2.36. The van der Waals surface area contributed by atoms with Crippen LogP contribution in [-0.2, 0) is 85.0 Å². The molecular formula is C66H96N20O12. The topological polar surface area (TPSA) is 498 Å². The number of aliphatic carboxylic acids is 1. The first-order chi connectivity index (χ1) is 47.0. The Morgan fingerprint density at radius 2 is 1.45 bits per heavy atom. The van der Waals surface area contributed by atoms with Crippen LogP contribution in [0.3, 0.4) is 0 Å². The van der Waals surface area contributed by atoms with Crippen molar-refractivity contribution in [2.75, 3.05) is 45.8 Å². The molecule has 32 heteroatoms. The monoisotopic (exact) mass is 1360 g/mol. The van der Waals surface area contributed by atoms with E-state index in [-0.39, 0.29) is 109 Å². The number of unbranched alkanes of at least 4 members (excludes halogenated alkanes) is 1. The molecule has 0 bridgehead atoms. The van der Waals surface area contributed by atoms with Crippen LogP contribution in [0.4, 0.5) is 0 Å². The van der Waals surface area contributed by atoms with Gasteiger partial charge in [-0.1, -0.05) is 68.3 Å². The van der Waals surface area contributed by atoms with Crippen molar-refractivity contribution in [3.8, 4) is 0 Å². The second-order valence-corrected chi connectivity index (χ2v) is 24.3. The second-order valence-electron chi connectivity index (χ2n) is 24.3. The van der Waals surface area contributed by atoms with Gasteiger partial charge in [0.1, 0.15) is 42.3 Å². The fourth-order valence-electron chi connectivity index (χ4n) is 11.4. The molecule has 98 heavy (non-hydrogen) atoms. The number of guanidine groups is 1. The van der Waals surface area contributed by atoms with E-state index in [1.165, 1.54) is 12.5 Å². The van der Waals surface area contributed by atoms with Gasteiger partial charge in [-0.05, 0) is 82.5 Å². The highest BCUT2D eigenvalue weighted by Crippen LogP contribution is 2.21. The van der Waals surface area contributed by atoms with E-state index in [0.717, 1.165) is 16.6 Å². The number of aromatic nitrogens is 5. The quantitative estimate of drug-likeness (QED) is 0.0135. The van der Waals surface area contributed by atoms with Crippen molar-refractivity contribution in [2.24, 2.45) is 27.9 Å². The maximum absolute atomic E-state index is 14.9. The summed E-state index contributed by atoms with van der Waals surface area (Å²) < 4.78 is 1.77. The zero-order chi connectivity index (χ0) is 71.1. The summed E-state index contributed by atoms with van der Waals surface area (Å²) in [7, 11) is 0. The summed E-state index contributed by atoms with van der Waals surface area (Å²) in [6.45, 7) is 7.90. The molecule has 0 unspecified atom stereocenters. The highest BCUT2D eigenvalue weighted by atomic mass is 16.4. The molecule has 20 N–H and O–H groups in total. The summed E-state index contributed by atoms with van der Waals surface area (Å²) in [6.07, 6.45) is 5.19. The number of imidazole rings is 1. The van der Waals surface area contributed by atoms with Gasteiger partial charge in [-0.25, -0.2) is 4.98 Å². The highest BCUT2D eigenvalue weighted by molar-refractivity contribution is 5.99. The van der Waals surface area contributed by atoms with Crippen molar-refractivity contribution in [1.82, 2.24) is 77.5 Å². The van der Waals surface area contributed by atoms with E-state index in [1.807, 2.05) is 38.1 Å². The Bertz CT molecular complexity index is 3520. The molecule has 1 saturated heterocycles. The van der Waals surface area contributed by atoms with E-state index in [4.69, 9.17) is 22.9 Å². The van der Waals surface area contributed by atoms with Gasteiger partial charge in [-0.3, -0.25) is 62.4 Å². The first kappa shape index (κ1) is 76.8. The SMILES string of the molecule is CCCC[C@H](NC(=O)CCNC(=O)CCCN(CCN)CCn1nc(C)c(CC(=O)O)c1C)C(=O)N[C@H]1CC(=O)NCCCC[C@@H](C(N)=O)NC(=O)[C@H](Cc2c[nH]c3ccccc23)NC(=O)[C@H](CCCN=C(N)N)NC(=O)[C@@H](Cc2ccccc2)NC(=O)[C@H](Cc2cnc[nH]2)NC1=O. The van der Waals surface area contributed by atoms with Crippen LogP contribution in [0.1, 0.15) is 118 Å². The zero-order valence-corrected chi connectivity index (χ0v) is 55.9. The lowest BCUT2D eigenvalue weighted by Gasteiger charge is -2.28. The minimum Gasteiger partial charge on any atom is -0.481 e. The summed E-state index contributed by atoms with van der Waals surface area (Å²) in [5, 5.41) is 39.2. The maximum Gasteiger partial charge on any atom is 0.307 e. The van der Waals surface area contributed by atoms with Crippen molar-refractivity contribution in [3.63, 3.8) is 0 Å². The number of benzene rings is 2. The average molecular weight is 1360 g/mol. The number of aromatic amines is 2. The van der Waals surface area contributed by atoms with Gasteiger partial charge in [0.05, 0.1) is 31.4 Å². The van der Waals surface area contributed by atoms with Crippen LogP contribution in [-0.4, -0.2) is 194 Å². The number of hydrogen-bond donors (Lipinski definition) is 16. The first-order valence-electron chi connectivity index (χ1n) is 33.2. The molecule has 0 aliphatic carbocycles. The summed E-state index contributed by atoms with van der Waals surface area (Å²) in [6, 6.07) is 6.02. The van der Waals surface area contributed by atoms with Crippen molar-refractivity contribution in [2.45, 2.75) is 172 Å². The van der Waals surface area contributed by atoms with E-state index in [2.05, 4.69) is 77.8 Å². The number of fused-ring (bicyclic) bond motifs is 1. The van der Waals surface area contributed by atoms with Crippen molar-refractivity contribution < 1.29 is 57.8 Å². The molecule has 6 rings (SSSR count). The smallest absolute Gasteiger partial charge is 0.307 e. The van der Waals surface area contributed by atoms with Gasteiger partial charge in [-0.2, -0.15) is 5.10 Å². The fraction of sp³-hybridized carbons (Fsp3) is 0.515. The molecule has 7 atom stereocenters. The van der Waals surface area contributed by atoms with Gasteiger partial charge in [0.25, 0.3) is 0 Å². The van der Waals surface area contributed by atoms with E-state index in [0.29, 0.717) is 80.1 Å². The van der Waals surface area contributed by atoms with Crippen LogP contribution in [0.15, 0.2) is 78.3 Å². The first-order valence-corrected chi connectivity index (χ1v) is 33.2. The van der Waals surface area contributed by atoms with E-state index in [9.17, 15) is 57.8 Å². The minimum absolute atomic E-state index is 0.00116. The van der Waals surface area contributed by atoms with Crippen molar-refractivity contribution in [1.29, 1.82) is 0 Å². The number of primary amides is 1. The Hall–Kier alpha value is -10.2. The largest absolute Gasteiger partial charge is 0.481 e. The van der Waals surface area contributed by atoms with Gasteiger partial charge in [-0.15, -0.1) is 0 Å². The van der Waals surface area contributed by atoms with E-state index < -0.39 is 108 Å². The van der Waals surface area contributed by atoms with Gasteiger partial charge in [0.15, 0.2) is 5.96 Å². The number of carboxylic acid groups (broad SMARTS) is 1. The zero-order valence-electron chi connectivity index (χ0n) is 55.9. The molecule has 32 nitrogen and oxygen atoms in total. The molecule has 1 aliphatic rings. The molecule has 0 spiro atoms. The lowest BCUT2D eigenvalue weighted by Crippen LogP contribution is -2.61. The van der Waals surface area contributed by atoms with Crippen LogP contribution >= 0.6 is 0 Å². The molecule has 5 aromatic rings. The number of aliphatic imine (C=N–C) groups is 1. The third-order valence-electron chi connectivity index (χ3n) is 16.7. The summed E-state index contributed by atoms with van der Waals surface area (Å²) in [4.78, 5) is 170. The van der Waals surface area contributed by atoms with Gasteiger partial charge < -0.3 is 90.8 Å². The predicted molar refractivity (Wildman–Crippen MR) is 363 cm³/mol. The lowest BCUT2D eigenvalue weighted by molar-refractivity contribution is -0.136. The normalized spacial score (nSPS) is 19.0. The number of amides is 10. The molecule has 1 fully saturated rings. The average Bonchev–Trinajstić information content (AvgIpc) is 1.63. The van der Waals surface area contributed by atoms with Crippen molar-refractivity contribution in [3.05, 3.63) is 107 Å². The number of para-hydroxylation sites is 1. The fourth-order valence-corrected chi connectivity index (χ4v) is 11.4. The Morgan fingerprint density at radius 1 is 0.765 bits per heavy atom. The summed E-state index contributed by atoms with van der Waals surface area (Å²) >= 11 is 0. The molecule has 3 aromatic heterocycles. The molecule has 532 valence electrons. The summed E-state index contributed by atoms with van der Waals surface area (Å²) in [5.41, 5.74) is 27.4. The van der Waals surface area contributed by atoms with Crippen LogP contribution in [0, 0.1) is 13.8 Å². The standard InChI is InChI=1S/C66H96N20O12/c1-4-5-18-49(77-56(88)23-27-73-55(87)22-14-28-85(29-24-67)30-31-86-41(3)46(35-58(90)91)40(2)84-86)60(93)83-54-36-57(89)72-25-12-11-20-48(59(68)92)78-63(96)52(33-43-37-75-47-19-10-9-17-45(43)47)81-61(94)50(21-13-26-74-66(69)70)79-62(95)51(32-42-15-7-6-8-16-42)80-64(97)53(82-65(54)98)34-44-38-71-39-76-44/h6-10,15-17,19,37-39,48-54,75H,4-5,11-14,18,20-36,67H2,1-3H3,(H2,68,92)(H,71,76)(H,72,89)(H,73,87)(H,77,88)(H,78,96)(H,79,95)(H,80,97)(H,81,94)(H,82,98)(H,83,93)(H,90,91)(H4,69,70,74)/t48-,49-,50-,51+,52-,53-,54-/m0/s1. The molecule has 1 aliphatic heterocycles. The number of hydrogen-bond acceptors (Lipinski definition) is 16. The Kier molecular flexibility index (Phi) is 31.1. The number of H-pyrrole nitrogens is 2. The van der Waals surface area contributed by atoms with Gasteiger partial charge in [0, 0.05) is 112 Å². The molecule has 10 amide bonds. The maximum atomic E-state index is 14.9. The summed E-state index contributed by atoms with van der Waals surface area (Å²) in [5.74, 6) is -8.85. The number of nitrogens with two attached hydrogens (primary N) is 4. The molecule has 4 heterocycles. The molecular weight excluding hydrogens is 1260 g/mol. The van der Waals surface area contributed by atoms with Gasteiger partial charge >= 0.3 is 5.97 Å². The van der Waals surface area contributed by atoms with E-state index >= 15 is 0 Å². The number of carboxylic acids is 1. The number of nitrogens with one attached hydrogen (secondary N) is 11. The number of carbonyl (C=O) groups is 11. The van der Waals surface area contributed by atoms with Crippen molar-refractivity contribution >= 4 is 81.9 Å². The van der Waals surface area contributed by atoms with Gasteiger partial charge in [0.2, 0.25) is 59.1 Å². The third kappa shape index (κ3) is 25.4. The third-order valence-corrected chi connectivity index (χ3v) is 16.7. The van der Waals surface area contributed by atoms with Crippen LogP contribution in [0.2, 0.25) is 0 Å². The lowest BCUT2D eigenvalue weighted by atomic mass is 10.0. The minimum atomic E-state index is -1.69. The van der Waals surface area contributed by atoms with E-state index in [1.54, 1.807) is 48.1 Å². The molecule has 2 aromatic carbocycles. The second kappa shape index (κ2) is 39.7. The van der Waals surface area contributed by atoms with Crippen LogP contribution in [0.25, 0.3) is 10.9 Å². The Labute approximate surface area is 568 Å². The van der Waals surface area contributed by atoms with Crippen LogP contribution < -0.4 is 70.8 Å². The number of nitrogens with zero attached hydrogens (tertiary/aromatic N) is 5. The van der Waals surface area contributed by atoms with Crippen LogP contribution in [0.5, 0.6) is 0 Å². The number of carbonyl (C=O) groups excluding carboxylic acids is 10. The number of aryl methyl sites for hydroxylation is 1. The number of rotatable bonds is 31. The Balaban J connectivity index is 1.22. The predicted octanol–water partition coefficient (Wildman–Crippen LogP) is -1.58. The molecule has 0 radical (unpaired) electrons. The Morgan fingerprint density at radius 3 is 2.14 bits per heavy atom.